The predicted octanol–water partition coefficient (Wildman–Crippen LogP) is 3.17. The van der Waals surface area contributed by atoms with Gasteiger partial charge in [0.15, 0.2) is 5.82 Å². The number of methoxy groups -OCH3 is 1. The normalized spacial score (nSPS) is 19.1. The van der Waals surface area contributed by atoms with Crippen LogP contribution in [-0.4, -0.2) is 50.3 Å². The van der Waals surface area contributed by atoms with Gasteiger partial charge in [-0.2, -0.15) is 5.10 Å². The molecule has 3 heterocycles. The molecule has 1 aromatic carbocycles. The van der Waals surface area contributed by atoms with Gasteiger partial charge in [-0.05, 0) is 49.7 Å². The lowest BCUT2D eigenvalue weighted by molar-refractivity contribution is 0.0683. The number of ether oxygens (including phenoxy) is 1. The molecule has 0 aliphatic carbocycles. The number of hydrogen-bond donors (Lipinski definition) is 1. The van der Waals surface area contributed by atoms with Crippen LogP contribution >= 0.6 is 0 Å². The summed E-state index contributed by atoms with van der Waals surface area (Å²) in [5.74, 6) is 0.937. The first-order chi connectivity index (χ1) is 13.9. The lowest BCUT2D eigenvalue weighted by Crippen LogP contribution is -2.32. The number of nitrogens with one attached hydrogen (secondary N) is 1. The highest BCUT2D eigenvalue weighted by molar-refractivity contribution is 5.97. The lowest BCUT2D eigenvalue weighted by Gasteiger charge is -2.22. The highest BCUT2D eigenvalue weighted by Crippen LogP contribution is 2.34. The summed E-state index contributed by atoms with van der Waals surface area (Å²) in [6.45, 7) is 4.23. The molecule has 1 aliphatic heterocycles. The molecule has 152 valence electrons. The van der Waals surface area contributed by atoms with Gasteiger partial charge in [-0.1, -0.05) is 0 Å². The summed E-state index contributed by atoms with van der Waals surface area (Å²) in [5, 5.41) is 7.12. The number of benzene rings is 1. The fraction of sp³-hybridized carbons (Fsp3) is 0.381. The zero-order valence-electron chi connectivity index (χ0n) is 16.9. The van der Waals surface area contributed by atoms with Gasteiger partial charge in [0.25, 0.3) is 5.91 Å². The number of amides is 1. The summed E-state index contributed by atoms with van der Waals surface area (Å²) in [4.78, 5) is 19.7. The summed E-state index contributed by atoms with van der Waals surface area (Å²) < 4.78 is 20.8. The van der Waals surface area contributed by atoms with E-state index in [1.807, 2.05) is 31.5 Å². The van der Waals surface area contributed by atoms with Crippen molar-refractivity contribution in [3.63, 3.8) is 0 Å². The Balaban J connectivity index is 1.69. The summed E-state index contributed by atoms with van der Waals surface area (Å²) >= 11 is 0. The Morgan fingerprint density at radius 1 is 1.28 bits per heavy atom. The Bertz CT molecular complexity index is 1040. The molecule has 1 amide bonds. The maximum atomic E-state index is 13.5. The molecule has 7 nitrogen and oxygen atoms in total. The molecule has 3 aromatic rings. The molecular formula is C21H24FN5O2. The van der Waals surface area contributed by atoms with Crippen molar-refractivity contribution in [2.24, 2.45) is 7.05 Å². The first-order valence-electron chi connectivity index (χ1n) is 9.54. The number of nitrogens with zero attached hydrogens (tertiary/aromatic N) is 4. The van der Waals surface area contributed by atoms with Crippen LogP contribution in [0.1, 0.15) is 40.2 Å². The van der Waals surface area contributed by atoms with Crippen LogP contribution in [0.4, 0.5) is 4.39 Å². The Hall–Kier alpha value is -3.00. The first kappa shape index (κ1) is 19.3. The number of aromatic amines is 1. The van der Waals surface area contributed by atoms with Crippen molar-refractivity contribution in [2.45, 2.75) is 32.4 Å². The largest absolute Gasteiger partial charge is 0.380 e. The molecule has 0 radical (unpaired) electrons. The van der Waals surface area contributed by atoms with Gasteiger partial charge >= 0.3 is 0 Å². The summed E-state index contributed by atoms with van der Waals surface area (Å²) in [6, 6.07) is 7.90. The molecule has 1 fully saturated rings. The fourth-order valence-electron chi connectivity index (χ4n) is 3.91. The predicted molar refractivity (Wildman–Crippen MR) is 106 cm³/mol. The maximum absolute atomic E-state index is 13.5. The monoisotopic (exact) mass is 397 g/mol. The SMILES string of the molecule is CO[C@H]1C[C@@H](c2n[nH]c(C)n2)N(C(=O)c2cc(-c3ccc(F)cc3)n(C)c2C)C1. The van der Waals surface area contributed by atoms with E-state index in [1.165, 1.54) is 12.1 Å². The molecular weight excluding hydrogens is 373 g/mol. The van der Waals surface area contributed by atoms with Crippen LogP contribution in [0.2, 0.25) is 0 Å². The van der Waals surface area contributed by atoms with Gasteiger partial charge in [-0.15, -0.1) is 0 Å². The van der Waals surface area contributed by atoms with Gasteiger partial charge in [0, 0.05) is 38.5 Å². The van der Waals surface area contributed by atoms with Gasteiger partial charge in [0.05, 0.1) is 17.7 Å². The number of rotatable bonds is 4. The van der Waals surface area contributed by atoms with Crippen molar-refractivity contribution in [3.05, 3.63) is 59.1 Å². The first-order valence-corrected chi connectivity index (χ1v) is 9.54. The van der Waals surface area contributed by atoms with Gasteiger partial charge < -0.3 is 14.2 Å². The number of H-pyrrole nitrogens is 1. The number of carbonyl (C=O) groups is 1. The molecule has 29 heavy (non-hydrogen) atoms. The molecule has 2 aromatic heterocycles. The average molecular weight is 397 g/mol. The number of likely N-dealkylation sites (tertiary alicyclic amines) is 1. The number of hydrogen-bond acceptors (Lipinski definition) is 4. The summed E-state index contributed by atoms with van der Waals surface area (Å²) in [7, 11) is 3.56. The minimum Gasteiger partial charge on any atom is -0.380 e. The molecule has 8 heteroatoms. The lowest BCUT2D eigenvalue weighted by atomic mass is 10.1. The Kier molecular flexibility index (Phi) is 4.96. The summed E-state index contributed by atoms with van der Waals surface area (Å²) in [5.41, 5.74) is 3.17. The second-order valence-electron chi connectivity index (χ2n) is 7.44. The van der Waals surface area contributed by atoms with Crippen LogP contribution in [0.5, 0.6) is 0 Å². The topological polar surface area (TPSA) is 76.0 Å². The highest BCUT2D eigenvalue weighted by Gasteiger charge is 2.39. The third-order valence-corrected chi connectivity index (χ3v) is 5.68. The van der Waals surface area contributed by atoms with Crippen molar-refractivity contribution >= 4 is 5.91 Å². The van der Waals surface area contributed by atoms with Crippen LogP contribution in [0.25, 0.3) is 11.3 Å². The zero-order chi connectivity index (χ0) is 20.7. The van der Waals surface area contributed by atoms with E-state index < -0.39 is 0 Å². The van der Waals surface area contributed by atoms with Crippen molar-refractivity contribution in [1.82, 2.24) is 24.6 Å². The van der Waals surface area contributed by atoms with E-state index in [-0.39, 0.29) is 23.9 Å². The standard InChI is InChI=1S/C21H24FN5O2/c1-12-17(10-18(26(12)3)14-5-7-15(22)8-6-14)21(28)27-11-16(29-4)9-19(27)20-23-13(2)24-25-20/h5-8,10,16,19H,9,11H2,1-4H3,(H,23,24,25)/t16-,19-/m0/s1. The Morgan fingerprint density at radius 3 is 2.62 bits per heavy atom. The van der Waals surface area contributed by atoms with Crippen molar-refractivity contribution < 1.29 is 13.9 Å². The van der Waals surface area contributed by atoms with Crippen LogP contribution in [0, 0.1) is 19.7 Å². The van der Waals surface area contributed by atoms with Gasteiger partial charge in [0.2, 0.25) is 0 Å². The molecule has 0 bridgehead atoms. The van der Waals surface area contributed by atoms with Gasteiger partial charge in [-0.25, -0.2) is 9.37 Å². The van der Waals surface area contributed by atoms with Crippen LogP contribution in [0.3, 0.4) is 0 Å². The second-order valence-corrected chi connectivity index (χ2v) is 7.44. The minimum absolute atomic E-state index is 0.0663. The molecule has 0 unspecified atom stereocenters. The third-order valence-electron chi connectivity index (χ3n) is 5.68. The number of halogens is 1. The van der Waals surface area contributed by atoms with Gasteiger partial charge in [-0.3, -0.25) is 9.89 Å². The van der Waals surface area contributed by atoms with Crippen LogP contribution < -0.4 is 0 Å². The molecule has 4 rings (SSSR count). The van der Waals surface area contributed by atoms with E-state index in [0.717, 1.165) is 17.0 Å². The minimum atomic E-state index is -0.289. The van der Waals surface area contributed by atoms with E-state index in [9.17, 15) is 9.18 Å². The van der Waals surface area contributed by atoms with E-state index in [4.69, 9.17) is 4.74 Å². The molecule has 0 spiro atoms. The molecule has 1 N–H and O–H groups in total. The number of aromatic nitrogens is 4. The van der Waals surface area contributed by atoms with Crippen LogP contribution in [-0.2, 0) is 11.8 Å². The van der Waals surface area contributed by atoms with E-state index >= 15 is 0 Å². The van der Waals surface area contributed by atoms with Crippen molar-refractivity contribution in [1.29, 1.82) is 0 Å². The molecule has 0 saturated carbocycles. The zero-order valence-corrected chi connectivity index (χ0v) is 16.9. The van der Waals surface area contributed by atoms with Gasteiger partial charge in [0.1, 0.15) is 11.6 Å². The quantitative estimate of drug-likeness (QED) is 0.734. The highest BCUT2D eigenvalue weighted by atomic mass is 19.1. The van der Waals surface area contributed by atoms with E-state index in [0.29, 0.717) is 30.2 Å². The van der Waals surface area contributed by atoms with E-state index in [2.05, 4.69) is 15.2 Å². The Morgan fingerprint density at radius 2 is 2.00 bits per heavy atom. The van der Waals surface area contributed by atoms with E-state index in [1.54, 1.807) is 24.1 Å². The summed E-state index contributed by atoms with van der Waals surface area (Å²) in [6.07, 6.45) is 0.583. The van der Waals surface area contributed by atoms with Crippen molar-refractivity contribution in [2.75, 3.05) is 13.7 Å². The maximum Gasteiger partial charge on any atom is 0.256 e. The second kappa shape index (κ2) is 7.44. The fourth-order valence-corrected chi connectivity index (χ4v) is 3.91. The Labute approximate surface area is 168 Å². The van der Waals surface area contributed by atoms with Crippen molar-refractivity contribution in [3.8, 4) is 11.3 Å². The third kappa shape index (κ3) is 3.44. The molecule has 1 saturated heterocycles. The molecule has 1 aliphatic rings. The smallest absolute Gasteiger partial charge is 0.256 e. The van der Waals surface area contributed by atoms with Crippen LogP contribution in [0.15, 0.2) is 30.3 Å². The number of carbonyl (C=O) groups excluding carboxylic acids is 1. The average Bonchev–Trinajstić information content (AvgIpc) is 3.41. The number of aryl methyl sites for hydroxylation is 1. The molecule has 2 atom stereocenters.